The van der Waals surface area contributed by atoms with Crippen LogP contribution < -0.4 is 0 Å². The van der Waals surface area contributed by atoms with E-state index in [0.29, 0.717) is 34.9 Å². The summed E-state index contributed by atoms with van der Waals surface area (Å²) >= 11 is 0. The molecule has 4 unspecified atom stereocenters. The van der Waals surface area contributed by atoms with Crippen LogP contribution in [0, 0.1) is 39.4 Å². The van der Waals surface area contributed by atoms with Crippen molar-refractivity contribution in [1.82, 2.24) is 0 Å². The second-order valence-corrected chi connectivity index (χ2v) is 13.4. The van der Waals surface area contributed by atoms with E-state index >= 15 is 0 Å². The zero-order valence-corrected chi connectivity index (χ0v) is 22.4. The zero-order chi connectivity index (χ0) is 24.2. The standard InChI is InChI=1S/C30H48O3/c1-20(2)9-8-10-21(3)22-13-17-29(6)23(22)11-12-25-27(4)16-15-26(31)28(5,19-33-32)24(27)14-18-30(25,29)7/h9,23-25,32H,8,10-19H2,1-7H3/b22-21-/t23?,24?,25?,27-,28?,29-,30-/m0/s1. The number of hydrogen-bond acceptors (Lipinski definition) is 3. The van der Waals surface area contributed by atoms with E-state index in [0.717, 1.165) is 18.8 Å². The Kier molecular flexibility index (Phi) is 6.58. The fraction of sp³-hybridized carbons (Fsp3) is 0.833. The van der Waals surface area contributed by atoms with Gasteiger partial charge < -0.3 is 0 Å². The minimum atomic E-state index is -0.552. The van der Waals surface area contributed by atoms with Crippen LogP contribution in [0.15, 0.2) is 22.8 Å². The van der Waals surface area contributed by atoms with Gasteiger partial charge >= 0.3 is 0 Å². The highest BCUT2D eigenvalue weighted by atomic mass is 17.1. The first-order chi connectivity index (χ1) is 15.4. The van der Waals surface area contributed by atoms with Crippen LogP contribution in [0.2, 0.25) is 0 Å². The average molecular weight is 457 g/mol. The van der Waals surface area contributed by atoms with Gasteiger partial charge in [-0.05, 0) is 113 Å². The molecule has 4 fully saturated rings. The number of ketones is 1. The molecule has 4 saturated carbocycles. The van der Waals surface area contributed by atoms with Crippen molar-refractivity contribution >= 4 is 5.78 Å². The molecule has 0 bridgehead atoms. The van der Waals surface area contributed by atoms with E-state index in [9.17, 15) is 10.1 Å². The Bertz CT molecular complexity index is 851. The maximum atomic E-state index is 13.0. The molecule has 0 heterocycles. The molecule has 0 aromatic heterocycles. The van der Waals surface area contributed by atoms with Gasteiger partial charge in [0.1, 0.15) is 5.78 Å². The van der Waals surface area contributed by atoms with Gasteiger partial charge in [0.15, 0.2) is 0 Å². The second-order valence-electron chi connectivity index (χ2n) is 13.4. The van der Waals surface area contributed by atoms with Crippen molar-refractivity contribution in [2.75, 3.05) is 6.61 Å². The summed E-state index contributed by atoms with van der Waals surface area (Å²) in [6.07, 6.45) is 13.8. The van der Waals surface area contributed by atoms with Crippen molar-refractivity contribution in [3.63, 3.8) is 0 Å². The Morgan fingerprint density at radius 3 is 2.36 bits per heavy atom. The maximum absolute atomic E-state index is 13.0. The van der Waals surface area contributed by atoms with E-state index in [2.05, 4.69) is 59.4 Å². The molecule has 0 radical (unpaired) electrons. The average Bonchev–Trinajstić information content (AvgIpc) is 3.09. The van der Waals surface area contributed by atoms with Gasteiger partial charge in [-0.3, -0.25) is 10.1 Å². The molecule has 4 aliphatic rings. The molecule has 0 spiro atoms. The molecule has 0 aromatic rings. The van der Waals surface area contributed by atoms with Gasteiger partial charge in [0.25, 0.3) is 0 Å². The van der Waals surface area contributed by atoms with Crippen LogP contribution in [0.3, 0.4) is 0 Å². The van der Waals surface area contributed by atoms with Crippen LogP contribution >= 0.6 is 0 Å². The quantitative estimate of drug-likeness (QED) is 0.258. The Morgan fingerprint density at radius 1 is 0.970 bits per heavy atom. The monoisotopic (exact) mass is 456 g/mol. The van der Waals surface area contributed by atoms with Gasteiger partial charge in [0.2, 0.25) is 0 Å². The normalized spacial score (nSPS) is 46.3. The Morgan fingerprint density at radius 2 is 1.70 bits per heavy atom. The van der Waals surface area contributed by atoms with E-state index < -0.39 is 5.41 Å². The molecule has 7 atom stereocenters. The van der Waals surface area contributed by atoms with Gasteiger partial charge in [-0.2, -0.15) is 0 Å². The highest BCUT2D eigenvalue weighted by molar-refractivity contribution is 5.86. The summed E-state index contributed by atoms with van der Waals surface area (Å²) in [5.74, 6) is 1.96. The number of fused-ring (bicyclic) bond motifs is 5. The Labute approximate surface area is 202 Å². The summed E-state index contributed by atoms with van der Waals surface area (Å²) in [7, 11) is 0. The second kappa shape index (κ2) is 8.63. The first-order valence-corrected chi connectivity index (χ1v) is 13.6. The SMILES string of the molecule is CC(C)=CCC/C(C)=C1/CC[C@@]2(C)C1CCC1[C@@]3(C)CCC(=O)C(C)(COO)C3CC[C@@]12C. The third kappa shape index (κ3) is 3.63. The molecular formula is C30H48O3. The van der Waals surface area contributed by atoms with Gasteiger partial charge in [-0.1, -0.05) is 50.5 Å². The van der Waals surface area contributed by atoms with E-state index in [1.807, 2.05) is 0 Å². The lowest BCUT2D eigenvalue weighted by Crippen LogP contribution is -2.64. The molecule has 0 aromatic carbocycles. The summed E-state index contributed by atoms with van der Waals surface area (Å²) in [5, 5.41) is 9.34. The maximum Gasteiger partial charge on any atom is 0.141 e. The minimum Gasteiger partial charge on any atom is -0.299 e. The van der Waals surface area contributed by atoms with E-state index in [1.54, 1.807) is 11.1 Å². The molecule has 0 aliphatic heterocycles. The number of Topliss-reactive ketones (excluding diaryl/α,β-unsaturated/α-hetero) is 1. The molecule has 4 aliphatic carbocycles. The summed E-state index contributed by atoms with van der Waals surface area (Å²) in [4.78, 5) is 17.7. The summed E-state index contributed by atoms with van der Waals surface area (Å²) in [6.45, 7) is 16.7. The molecule has 1 N–H and O–H groups in total. The largest absolute Gasteiger partial charge is 0.299 e. The lowest BCUT2D eigenvalue weighted by molar-refractivity contribution is -0.278. The molecule has 0 saturated heterocycles. The molecule has 0 amide bonds. The molecular weight excluding hydrogens is 408 g/mol. The van der Waals surface area contributed by atoms with Crippen molar-refractivity contribution in [3.8, 4) is 0 Å². The van der Waals surface area contributed by atoms with Crippen LogP contribution in [0.4, 0.5) is 0 Å². The summed E-state index contributed by atoms with van der Waals surface area (Å²) in [5.41, 5.74) is 5.11. The first-order valence-electron chi connectivity index (χ1n) is 13.6. The van der Waals surface area contributed by atoms with Crippen LogP contribution in [0.25, 0.3) is 0 Å². The van der Waals surface area contributed by atoms with Crippen molar-refractivity contribution in [3.05, 3.63) is 22.8 Å². The van der Waals surface area contributed by atoms with Gasteiger partial charge in [0.05, 0.1) is 12.0 Å². The van der Waals surface area contributed by atoms with E-state index in [1.165, 1.54) is 50.5 Å². The van der Waals surface area contributed by atoms with E-state index in [-0.39, 0.29) is 12.0 Å². The van der Waals surface area contributed by atoms with E-state index in [4.69, 9.17) is 0 Å². The third-order valence-electron chi connectivity index (χ3n) is 11.7. The van der Waals surface area contributed by atoms with Crippen molar-refractivity contribution in [2.24, 2.45) is 39.4 Å². The van der Waals surface area contributed by atoms with Crippen LogP contribution in [-0.4, -0.2) is 17.6 Å². The van der Waals surface area contributed by atoms with Crippen molar-refractivity contribution < 1.29 is 14.9 Å². The van der Waals surface area contributed by atoms with Gasteiger partial charge in [-0.25, -0.2) is 4.89 Å². The van der Waals surface area contributed by atoms with Gasteiger partial charge in [-0.15, -0.1) is 0 Å². The predicted octanol–water partition coefficient (Wildman–Crippen LogP) is 8.16. The first kappa shape index (κ1) is 25.2. The number of hydrogen-bond donors (Lipinski definition) is 1. The lowest BCUT2D eigenvalue weighted by Gasteiger charge is -2.68. The highest BCUT2D eigenvalue weighted by Crippen LogP contribution is 2.75. The van der Waals surface area contributed by atoms with Crippen LogP contribution in [0.1, 0.15) is 113 Å². The zero-order valence-electron chi connectivity index (χ0n) is 22.4. The molecule has 186 valence electrons. The number of carbonyl (C=O) groups is 1. The van der Waals surface area contributed by atoms with Crippen LogP contribution in [-0.2, 0) is 9.68 Å². The predicted molar refractivity (Wildman–Crippen MR) is 135 cm³/mol. The fourth-order valence-corrected chi connectivity index (χ4v) is 9.71. The molecule has 3 heteroatoms. The summed E-state index contributed by atoms with van der Waals surface area (Å²) in [6, 6.07) is 0. The van der Waals surface area contributed by atoms with Crippen LogP contribution in [0.5, 0.6) is 0 Å². The smallest absolute Gasteiger partial charge is 0.141 e. The number of rotatable bonds is 5. The summed E-state index contributed by atoms with van der Waals surface area (Å²) < 4.78 is 0. The Hall–Kier alpha value is -0.930. The number of carbonyl (C=O) groups excluding carboxylic acids is 1. The van der Waals surface area contributed by atoms with Crippen molar-refractivity contribution in [1.29, 1.82) is 0 Å². The molecule has 3 nitrogen and oxygen atoms in total. The topological polar surface area (TPSA) is 46.5 Å². The molecule has 33 heavy (non-hydrogen) atoms. The van der Waals surface area contributed by atoms with Gasteiger partial charge in [0, 0.05) is 6.42 Å². The highest BCUT2D eigenvalue weighted by Gasteiger charge is 2.68. The van der Waals surface area contributed by atoms with Crippen molar-refractivity contribution in [2.45, 2.75) is 113 Å². The fourth-order valence-electron chi connectivity index (χ4n) is 9.71. The minimum absolute atomic E-state index is 0.146. The third-order valence-corrected chi connectivity index (χ3v) is 11.7. The Balaban J connectivity index is 1.65. The number of allylic oxidation sites excluding steroid dienone is 4. The lowest BCUT2D eigenvalue weighted by atomic mass is 9.35. The molecule has 4 rings (SSSR count).